The van der Waals surface area contributed by atoms with E-state index >= 15 is 0 Å². The van der Waals surface area contributed by atoms with E-state index in [9.17, 15) is 19.4 Å². The van der Waals surface area contributed by atoms with Gasteiger partial charge in [-0.2, -0.15) is 0 Å². The summed E-state index contributed by atoms with van der Waals surface area (Å²) in [5.74, 6) is -0.216. The number of nitrogens with zero attached hydrogens (tertiary/aromatic N) is 1. The van der Waals surface area contributed by atoms with Crippen molar-refractivity contribution in [2.45, 2.75) is 206 Å². The van der Waals surface area contributed by atoms with Crippen LogP contribution in [0.2, 0.25) is 0 Å². The number of nitrogens with one attached hydrogen (secondary N) is 1. The van der Waals surface area contributed by atoms with Gasteiger partial charge in [-0.1, -0.05) is 177 Å². The van der Waals surface area contributed by atoms with Gasteiger partial charge in [0.1, 0.15) is 13.2 Å². The molecule has 3 atom stereocenters. The van der Waals surface area contributed by atoms with Crippen molar-refractivity contribution in [2.24, 2.45) is 0 Å². The number of hydrogen-bond acceptors (Lipinski definition) is 6. The van der Waals surface area contributed by atoms with Crippen LogP contribution in [-0.4, -0.2) is 68.5 Å². The van der Waals surface area contributed by atoms with Crippen LogP contribution in [0.15, 0.2) is 60.8 Å². The number of rotatable bonds is 42. The van der Waals surface area contributed by atoms with Gasteiger partial charge in [0.2, 0.25) is 5.91 Å². The lowest BCUT2D eigenvalue weighted by Gasteiger charge is -2.29. The molecule has 1 amide bonds. The number of unbranched alkanes of at least 4 members (excludes halogenated alkanes) is 22. The Kier molecular flexibility index (Phi) is 39.3. The van der Waals surface area contributed by atoms with Crippen LogP contribution < -0.4 is 10.2 Å². The van der Waals surface area contributed by atoms with E-state index < -0.39 is 26.6 Å². The zero-order chi connectivity index (χ0) is 42.8. The molecule has 0 aliphatic heterocycles. The normalized spacial score (nSPS) is 14.8. The van der Waals surface area contributed by atoms with Crippen molar-refractivity contribution in [3.63, 3.8) is 0 Å². The van der Waals surface area contributed by atoms with Crippen molar-refractivity contribution in [2.75, 3.05) is 40.9 Å². The minimum Gasteiger partial charge on any atom is -0.756 e. The van der Waals surface area contributed by atoms with Crippen molar-refractivity contribution < 1.29 is 32.9 Å². The van der Waals surface area contributed by atoms with Gasteiger partial charge in [-0.05, 0) is 71.1 Å². The van der Waals surface area contributed by atoms with Gasteiger partial charge in [0.25, 0.3) is 7.82 Å². The summed E-state index contributed by atoms with van der Waals surface area (Å²) in [6, 6.07) is -0.908. The summed E-state index contributed by atoms with van der Waals surface area (Å²) in [5, 5.41) is 13.7. The number of hydrogen-bond donors (Lipinski definition) is 2. The molecule has 2 N–H and O–H groups in total. The Hall–Kier alpha value is -1.80. The molecule has 3 unspecified atom stereocenters. The van der Waals surface area contributed by atoms with E-state index in [1.165, 1.54) is 122 Å². The highest BCUT2D eigenvalue weighted by Gasteiger charge is 2.23. The minimum atomic E-state index is -4.59. The summed E-state index contributed by atoms with van der Waals surface area (Å²) in [6.07, 6.45) is 53.2. The molecular weight excluding hydrogens is 744 g/mol. The third-order valence-corrected chi connectivity index (χ3v) is 11.2. The second-order valence-corrected chi connectivity index (χ2v) is 18.5. The molecule has 0 saturated carbocycles. The quantitative estimate of drug-likeness (QED) is 0.0274. The van der Waals surface area contributed by atoms with Gasteiger partial charge in [-0.15, -0.1) is 0 Å². The number of quaternary nitrogens is 1. The minimum absolute atomic E-state index is 0.0109. The molecule has 0 aromatic rings. The lowest BCUT2D eigenvalue weighted by Crippen LogP contribution is -2.45. The van der Waals surface area contributed by atoms with Crippen LogP contribution in [0.3, 0.4) is 0 Å². The summed E-state index contributed by atoms with van der Waals surface area (Å²) < 4.78 is 23.1. The van der Waals surface area contributed by atoms with Crippen molar-refractivity contribution in [3.8, 4) is 0 Å². The number of likely N-dealkylation sites (N-methyl/N-ethyl adjacent to an activating group) is 1. The fourth-order valence-corrected chi connectivity index (χ4v) is 7.24. The predicted octanol–water partition coefficient (Wildman–Crippen LogP) is 12.8. The molecule has 0 saturated heterocycles. The maximum atomic E-state index is 12.8. The Bertz CT molecular complexity index is 1130. The topological polar surface area (TPSA) is 108 Å². The van der Waals surface area contributed by atoms with Crippen LogP contribution in [0.1, 0.15) is 194 Å². The van der Waals surface area contributed by atoms with E-state index in [1.54, 1.807) is 6.08 Å². The van der Waals surface area contributed by atoms with Crippen LogP contribution in [-0.2, 0) is 18.4 Å². The summed E-state index contributed by atoms with van der Waals surface area (Å²) in [5.41, 5.74) is 0. The van der Waals surface area contributed by atoms with Crippen molar-refractivity contribution in [1.29, 1.82) is 0 Å². The van der Waals surface area contributed by atoms with Crippen LogP contribution in [0.4, 0.5) is 0 Å². The van der Waals surface area contributed by atoms with Gasteiger partial charge >= 0.3 is 0 Å². The van der Waals surface area contributed by atoms with Gasteiger partial charge in [-0.25, -0.2) is 0 Å². The molecule has 0 bridgehead atoms. The average molecular weight is 835 g/mol. The van der Waals surface area contributed by atoms with Crippen LogP contribution in [0.25, 0.3) is 0 Å². The molecule has 0 rings (SSSR count). The number of carbonyl (C=O) groups is 1. The zero-order valence-electron chi connectivity index (χ0n) is 38.2. The molecule has 338 valence electrons. The highest BCUT2D eigenvalue weighted by molar-refractivity contribution is 7.45. The molecule has 0 aromatic heterocycles. The third kappa shape index (κ3) is 42.3. The van der Waals surface area contributed by atoms with Crippen molar-refractivity contribution >= 4 is 13.7 Å². The second-order valence-electron chi connectivity index (χ2n) is 17.1. The maximum Gasteiger partial charge on any atom is 0.268 e. The number of phosphoric acid groups is 1. The molecular formula is C49H91N2O6P. The lowest BCUT2D eigenvalue weighted by atomic mass is 10.0. The predicted molar refractivity (Wildman–Crippen MR) is 247 cm³/mol. The van der Waals surface area contributed by atoms with Crippen LogP contribution >= 0.6 is 7.82 Å². The smallest absolute Gasteiger partial charge is 0.268 e. The average Bonchev–Trinajstić information content (AvgIpc) is 3.17. The first-order valence-electron chi connectivity index (χ1n) is 23.6. The van der Waals surface area contributed by atoms with Gasteiger partial charge in [-0.3, -0.25) is 9.36 Å². The molecule has 0 spiro atoms. The molecule has 0 aliphatic carbocycles. The highest BCUT2D eigenvalue weighted by Crippen LogP contribution is 2.38. The van der Waals surface area contributed by atoms with E-state index in [4.69, 9.17) is 9.05 Å². The Morgan fingerprint density at radius 3 is 1.59 bits per heavy atom. The summed E-state index contributed by atoms with van der Waals surface area (Å²) >= 11 is 0. The second kappa shape index (κ2) is 40.6. The molecule has 58 heavy (non-hydrogen) atoms. The zero-order valence-corrected chi connectivity index (χ0v) is 39.1. The Balaban J connectivity index is 4.11. The Morgan fingerprint density at radius 2 is 1.09 bits per heavy atom. The highest BCUT2D eigenvalue weighted by atomic mass is 31.2. The van der Waals surface area contributed by atoms with E-state index in [2.05, 4.69) is 54.8 Å². The fraction of sp³-hybridized carbons (Fsp3) is 0.776. The van der Waals surface area contributed by atoms with Gasteiger partial charge in [0, 0.05) is 6.42 Å². The lowest BCUT2D eigenvalue weighted by molar-refractivity contribution is -0.870. The number of aliphatic hydroxyl groups is 1. The van der Waals surface area contributed by atoms with Crippen LogP contribution in [0.5, 0.6) is 0 Å². The van der Waals surface area contributed by atoms with E-state index in [0.717, 1.165) is 51.4 Å². The van der Waals surface area contributed by atoms with E-state index in [-0.39, 0.29) is 12.5 Å². The summed E-state index contributed by atoms with van der Waals surface area (Å²) in [4.78, 5) is 25.2. The van der Waals surface area contributed by atoms with Crippen molar-refractivity contribution in [3.05, 3.63) is 60.8 Å². The molecule has 0 radical (unpaired) electrons. The first-order chi connectivity index (χ1) is 28.0. The summed E-state index contributed by atoms with van der Waals surface area (Å²) in [7, 11) is 1.23. The fourth-order valence-electron chi connectivity index (χ4n) is 6.52. The molecule has 0 aliphatic rings. The largest absolute Gasteiger partial charge is 0.756 e. The van der Waals surface area contributed by atoms with E-state index in [1.807, 2.05) is 40.2 Å². The molecule has 0 aromatic carbocycles. The summed E-state index contributed by atoms with van der Waals surface area (Å²) in [6.45, 7) is 4.36. The molecule has 9 heteroatoms. The van der Waals surface area contributed by atoms with E-state index in [0.29, 0.717) is 17.4 Å². The number of aliphatic hydroxyl groups excluding tert-OH is 1. The first-order valence-corrected chi connectivity index (χ1v) is 25.1. The number of amides is 1. The van der Waals surface area contributed by atoms with Gasteiger partial charge in [0.05, 0.1) is 39.9 Å². The number of phosphoric ester groups is 1. The maximum absolute atomic E-state index is 12.8. The Morgan fingerprint density at radius 1 is 0.638 bits per heavy atom. The number of allylic oxidation sites excluding steroid dienone is 9. The number of carbonyl (C=O) groups excluding carboxylic acids is 1. The van der Waals surface area contributed by atoms with Crippen LogP contribution in [0, 0.1) is 0 Å². The standard InChI is InChI=1S/C49H91N2O6P/c1-6-8-10-12-14-16-17-18-19-20-21-22-23-24-25-26-27-28-29-30-31-32-33-35-37-39-41-43-49(53)50-47(46-57-58(54,55)56-45-44-51(3,4)5)48(52)42-40-38-36-34-15-13-11-9-7-2/h7,9,15,17-18,20-21,34,40,42,47-48,52H,6,8,10-14,16,19,22-33,35-39,41,43-46H2,1-5H3,(H-,50,53,54,55)/b9-7+,18-17-,21-20-,34-15+,42-40+. The Labute approximate surface area is 358 Å². The van der Waals surface area contributed by atoms with Crippen molar-refractivity contribution in [1.82, 2.24) is 5.32 Å². The monoisotopic (exact) mass is 835 g/mol. The first kappa shape index (κ1) is 56.2. The SMILES string of the molecule is C/C=C/CC/C=C/CC/C=C/C(O)C(COP(=O)([O-])OCC[N+](C)(C)C)NC(=O)CCCCCCCCCCCCCCCCC/C=C\C/C=C\CCCCCCC. The molecule has 8 nitrogen and oxygen atoms in total. The molecule has 0 fully saturated rings. The van der Waals surface area contributed by atoms with Gasteiger partial charge < -0.3 is 28.8 Å². The van der Waals surface area contributed by atoms with Gasteiger partial charge in [0.15, 0.2) is 0 Å². The third-order valence-electron chi connectivity index (χ3n) is 10.3. The molecule has 0 heterocycles.